The van der Waals surface area contributed by atoms with E-state index in [-0.39, 0.29) is 0 Å². The van der Waals surface area contributed by atoms with Gasteiger partial charge >= 0.3 is 0 Å². The lowest BCUT2D eigenvalue weighted by Gasteiger charge is -2.14. The number of hydrogen-bond donors (Lipinski definition) is 0. The van der Waals surface area contributed by atoms with Crippen LogP contribution in [0, 0.1) is 27.7 Å². The van der Waals surface area contributed by atoms with Crippen LogP contribution in [0.5, 0.6) is 0 Å². The molecular formula is C19H19N. The Morgan fingerprint density at radius 2 is 1.50 bits per heavy atom. The van der Waals surface area contributed by atoms with E-state index >= 15 is 0 Å². The monoisotopic (exact) mass is 261 g/mol. The molecule has 0 unspecified atom stereocenters. The Morgan fingerprint density at radius 3 is 2.30 bits per heavy atom. The number of rotatable bonds is 1. The van der Waals surface area contributed by atoms with E-state index in [1.54, 1.807) is 0 Å². The van der Waals surface area contributed by atoms with E-state index in [9.17, 15) is 0 Å². The molecule has 3 rings (SSSR count). The Labute approximate surface area is 120 Å². The van der Waals surface area contributed by atoms with Crippen LogP contribution in [0.15, 0.2) is 42.6 Å². The second kappa shape index (κ2) is 4.75. The fourth-order valence-corrected chi connectivity index (χ4v) is 2.79. The first-order valence-electron chi connectivity index (χ1n) is 7.01. The van der Waals surface area contributed by atoms with Crippen molar-refractivity contribution in [2.24, 2.45) is 0 Å². The summed E-state index contributed by atoms with van der Waals surface area (Å²) in [5.74, 6) is 0. The highest BCUT2D eigenvalue weighted by Crippen LogP contribution is 2.31. The highest BCUT2D eigenvalue weighted by molar-refractivity contribution is 5.89. The van der Waals surface area contributed by atoms with Crippen LogP contribution in [-0.2, 0) is 0 Å². The fourth-order valence-electron chi connectivity index (χ4n) is 2.79. The van der Waals surface area contributed by atoms with Gasteiger partial charge in [0.25, 0.3) is 0 Å². The first-order valence-corrected chi connectivity index (χ1v) is 7.01. The van der Waals surface area contributed by atoms with Crippen molar-refractivity contribution in [1.29, 1.82) is 0 Å². The summed E-state index contributed by atoms with van der Waals surface area (Å²) >= 11 is 0. The normalized spacial score (nSPS) is 11.0. The van der Waals surface area contributed by atoms with Crippen LogP contribution in [0.3, 0.4) is 0 Å². The van der Waals surface area contributed by atoms with Gasteiger partial charge in [0.05, 0.1) is 5.69 Å². The summed E-state index contributed by atoms with van der Waals surface area (Å²) in [6, 6.07) is 12.8. The van der Waals surface area contributed by atoms with Gasteiger partial charge in [-0.1, -0.05) is 36.4 Å². The van der Waals surface area contributed by atoms with Crippen LogP contribution in [0.1, 0.15) is 22.3 Å². The lowest BCUT2D eigenvalue weighted by Crippen LogP contribution is -1.95. The molecule has 20 heavy (non-hydrogen) atoms. The SMILES string of the molecule is Cc1ccc(-c2ncc3ccccc3c2C)c(C)c1C. The molecule has 3 aromatic rings. The van der Waals surface area contributed by atoms with E-state index < -0.39 is 0 Å². The van der Waals surface area contributed by atoms with E-state index in [2.05, 4.69) is 64.1 Å². The van der Waals surface area contributed by atoms with Crippen molar-refractivity contribution in [2.45, 2.75) is 27.7 Å². The van der Waals surface area contributed by atoms with Crippen LogP contribution in [0.4, 0.5) is 0 Å². The molecule has 0 saturated carbocycles. The van der Waals surface area contributed by atoms with Crippen LogP contribution in [0.25, 0.3) is 22.0 Å². The Morgan fingerprint density at radius 1 is 0.750 bits per heavy atom. The van der Waals surface area contributed by atoms with Gasteiger partial charge in [0, 0.05) is 17.1 Å². The fraction of sp³-hybridized carbons (Fsp3) is 0.211. The molecule has 0 aliphatic carbocycles. The molecule has 0 radical (unpaired) electrons. The number of hydrogen-bond acceptors (Lipinski definition) is 1. The molecule has 0 aliphatic heterocycles. The minimum absolute atomic E-state index is 1.10. The largest absolute Gasteiger partial charge is 0.255 e. The molecular weight excluding hydrogens is 242 g/mol. The van der Waals surface area contributed by atoms with Gasteiger partial charge in [0.1, 0.15) is 0 Å². The smallest absolute Gasteiger partial charge is 0.0740 e. The summed E-state index contributed by atoms with van der Waals surface area (Å²) in [6.45, 7) is 8.70. The minimum Gasteiger partial charge on any atom is -0.255 e. The van der Waals surface area contributed by atoms with Gasteiger partial charge in [-0.15, -0.1) is 0 Å². The van der Waals surface area contributed by atoms with Gasteiger partial charge < -0.3 is 0 Å². The lowest BCUT2D eigenvalue weighted by molar-refractivity contribution is 1.23. The lowest BCUT2D eigenvalue weighted by atomic mass is 9.93. The summed E-state index contributed by atoms with van der Waals surface area (Å²) in [7, 11) is 0. The topological polar surface area (TPSA) is 12.9 Å². The number of pyridine rings is 1. The average molecular weight is 261 g/mol. The number of aryl methyl sites for hydroxylation is 2. The van der Waals surface area contributed by atoms with Gasteiger partial charge in [0.2, 0.25) is 0 Å². The molecule has 0 bridgehead atoms. The predicted molar refractivity (Wildman–Crippen MR) is 86.1 cm³/mol. The molecule has 0 spiro atoms. The summed E-state index contributed by atoms with van der Waals surface area (Å²) < 4.78 is 0. The zero-order chi connectivity index (χ0) is 14.3. The molecule has 0 aliphatic rings. The Hall–Kier alpha value is -2.15. The first kappa shape index (κ1) is 12.9. The maximum absolute atomic E-state index is 4.71. The number of nitrogens with zero attached hydrogens (tertiary/aromatic N) is 1. The molecule has 1 heteroatoms. The van der Waals surface area contributed by atoms with Crippen molar-refractivity contribution in [1.82, 2.24) is 4.98 Å². The standard InChI is InChI=1S/C19H19N/c1-12-9-10-18(14(3)13(12)2)19-15(4)17-8-6-5-7-16(17)11-20-19/h5-11H,1-4H3. The Kier molecular flexibility index (Phi) is 3.06. The number of aromatic nitrogens is 1. The van der Waals surface area contributed by atoms with Crippen LogP contribution < -0.4 is 0 Å². The van der Waals surface area contributed by atoms with E-state index in [0.717, 1.165) is 5.69 Å². The second-order valence-electron chi connectivity index (χ2n) is 5.50. The molecule has 0 saturated heterocycles. The van der Waals surface area contributed by atoms with E-state index in [4.69, 9.17) is 4.98 Å². The molecule has 0 atom stereocenters. The van der Waals surface area contributed by atoms with E-state index in [1.165, 1.54) is 38.6 Å². The van der Waals surface area contributed by atoms with Crippen molar-refractivity contribution in [3.8, 4) is 11.3 Å². The molecule has 1 nitrogen and oxygen atoms in total. The first-order chi connectivity index (χ1) is 9.59. The van der Waals surface area contributed by atoms with Crippen LogP contribution in [-0.4, -0.2) is 4.98 Å². The zero-order valence-corrected chi connectivity index (χ0v) is 12.5. The van der Waals surface area contributed by atoms with Crippen molar-refractivity contribution >= 4 is 10.8 Å². The van der Waals surface area contributed by atoms with Crippen molar-refractivity contribution < 1.29 is 0 Å². The average Bonchev–Trinajstić information content (AvgIpc) is 2.47. The number of fused-ring (bicyclic) bond motifs is 1. The zero-order valence-electron chi connectivity index (χ0n) is 12.5. The van der Waals surface area contributed by atoms with Gasteiger partial charge in [-0.3, -0.25) is 4.98 Å². The molecule has 1 heterocycles. The summed E-state index contributed by atoms with van der Waals surface area (Å²) in [4.78, 5) is 4.71. The Bertz CT molecular complexity index is 800. The third-order valence-corrected chi connectivity index (χ3v) is 4.37. The molecule has 0 fully saturated rings. The van der Waals surface area contributed by atoms with Crippen LogP contribution >= 0.6 is 0 Å². The highest BCUT2D eigenvalue weighted by atomic mass is 14.7. The molecule has 1 aromatic heterocycles. The third-order valence-electron chi connectivity index (χ3n) is 4.37. The van der Waals surface area contributed by atoms with Crippen molar-refractivity contribution in [3.05, 3.63) is 64.8 Å². The Balaban J connectivity index is 2.30. The minimum atomic E-state index is 1.10. The van der Waals surface area contributed by atoms with Gasteiger partial charge in [0.15, 0.2) is 0 Å². The molecule has 0 N–H and O–H groups in total. The van der Waals surface area contributed by atoms with Crippen molar-refractivity contribution in [2.75, 3.05) is 0 Å². The predicted octanol–water partition coefficient (Wildman–Crippen LogP) is 5.14. The van der Waals surface area contributed by atoms with E-state index in [1.807, 2.05) is 6.20 Å². The molecule has 100 valence electrons. The summed E-state index contributed by atoms with van der Waals surface area (Å²) in [6.07, 6.45) is 1.98. The highest BCUT2D eigenvalue weighted by Gasteiger charge is 2.11. The van der Waals surface area contributed by atoms with Gasteiger partial charge in [-0.05, 0) is 55.3 Å². The molecule has 2 aromatic carbocycles. The maximum Gasteiger partial charge on any atom is 0.0740 e. The van der Waals surface area contributed by atoms with E-state index in [0.29, 0.717) is 0 Å². The summed E-state index contributed by atoms with van der Waals surface area (Å²) in [5.41, 5.74) is 7.63. The number of benzene rings is 2. The van der Waals surface area contributed by atoms with Crippen LogP contribution in [0.2, 0.25) is 0 Å². The maximum atomic E-state index is 4.71. The third kappa shape index (κ3) is 1.90. The van der Waals surface area contributed by atoms with Gasteiger partial charge in [-0.25, -0.2) is 0 Å². The van der Waals surface area contributed by atoms with Gasteiger partial charge in [-0.2, -0.15) is 0 Å². The second-order valence-corrected chi connectivity index (χ2v) is 5.50. The quantitative estimate of drug-likeness (QED) is 0.591. The van der Waals surface area contributed by atoms with Crippen molar-refractivity contribution in [3.63, 3.8) is 0 Å². The molecule has 0 amide bonds. The summed E-state index contributed by atoms with van der Waals surface area (Å²) in [5, 5.41) is 2.49.